The van der Waals surface area contributed by atoms with Gasteiger partial charge in [0.1, 0.15) is 12.4 Å². The highest BCUT2D eigenvalue weighted by molar-refractivity contribution is 5.76. The van der Waals surface area contributed by atoms with Crippen LogP contribution < -0.4 is 5.56 Å². The van der Waals surface area contributed by atoms with E-state index in [0.717, 1.165) is 22.9 Å². The second kappa shape index (κ2) is 5.09. The van der Waals surface area contributed by atoms with Crippen molar-refractivity contribution in [2.75, 3.05) is 26.3 Å². The van der Waals surface area contributed by atoms with Crippen LogP contribution in [0.15, 0.2) is 23.1 Å². The summed E-state index contributed by atoms with van der Waals surface area (Å²) in [7, 11) is 0. The number of pyridine rings is 1. The maximum atomic E-state index is 12.9. The standard InChI is InChI=1S/C11H13FN2O3/c12-9-1-2-10(15)14(7-9)8-11(16)13-3-5-17-6-4-13/h1-2,7H,3-6,8H2. The molecule has 0 saturated carbocycles. The van der Waals surface area contributed by atoms with Crippen LogP contribution in [0.5, 0.6) is 0 Å². The lowest BCUT2D eigenvalue weighted by Gasteiger charge is -2.27. The number of carbonyl (C=O) groups excluding carboxylic acids is 1. The minimum Gasteiger partial charge on any atom is -0.378 e. The molecule has 1 aliphatic heterocycles. The van der Waals surface area contributed by atoms with Crippen molar-refractivity contribution in [1.29, 1.82) is 0 Å². The first-order valence-corrected chi connectivity index (χ1v) is 5.38. The molecule has 5 nitrogen and oxygen atoms in total. The number of amides is 1. The fourth-order valence-corrected chi connectivity index (χ4v) is 1.68. The SMILES string of the molecule is O=C(Cn1cc(F)ccc1=O)N1CCOCC1. The number of nitrogens with zero attached hydrogens (tertiary/aromatic N) is 2. The van der Waals surface area contributed by atoms with E-state index in [9.17, 15) is 14.0 Å². The van der Waals surface area contributed by atoms with Gasteiger partial charge in [-0.3, -0.25) is 9.59 Å². The number of halogens is 1. The molecule has 0 N–H and O–H groups in total. The van der Waals surface area contributed by atoms with Crippen LogP contribution in [0.4, 0.5) is 4.39 Å². The molecule has 1 fully saturated rings. The minimum absolute atomic E-state index is 0.128. The first-order valence-electron chi connectivity index (χ1n) is 5.38. The van der Waals surface area contributed by atoms with E-state index in [-0.39, 0.29) is 18.0 Å². The molecular formula is C11H13FN2O3. The molecule has 1 saturated heterocycles. The van der Waals surface area contributed by atoms with E-state index in [4.69, 9.17) is 4.74 Å². The summed E-state index contributed by atoms with van der Waals surface area (Å²) < 4.78 is 19.1. The molecule has 6 heteroatoms. The van der Waals surface area contributed by atoms with Gasteiger partial charge in [-0.1, -0.05) is 0 Å². The van der Waals surface area contributed by atoms with Crippen LogP contribution in [-0.2, 0) is 16.1 Å². The molecule has 1 amide bonds. The summed E-state index contributed by atoms with van der Waals surface area (Å²) in [6.45, 7) is 1.91. The van der Waals surface area contributed by atoms with Crippen molar-refractivity contribution >= 4 is 5.91 Å². The highest BCUT2D eigenvalue weighted by Gasteiger charge is 2.17. The van der Waals surface area contributed by atoms with E-state index in [1.165, 1.54) is 0 Å². The van der Waals surface area contributed by atoms with Crippen molar-refractivity contribution in [2.45, 2.75) is 6.54 Å². The number of ether oxygens (including phenoxy) is 1. The first-order chi connectivity index (χ1) is 8.16. The predicted molar refractivity (Wildman–Crippen MR) is 58.1 cm³/mol. The summed E-state index contributed by atoms with van der Waals surface area (Å²) in [5, 5.41) is 0. The van der Waals surface area contributed by atoms with Gasteiger partial charge in [-0.25, -0.2) is 4.39 Å². The number of morpholine rings is 1. The van der Waals surface area contributed by atoms with Gasteiger partial charge in [-0.15, -0.1) is 0 Å². The van der Waals surface area contributed by atoms with Crippen molar-refractivity contribution in [3.05, 3.63) is 34.5 Å². The van der Waals surface area contributed by atoms with Gasteiger partial charge in [0.2, 0.25) is 5.91 Å². The first kappa shape index (κ1) is 11.8. The molecule has 0 bridgehead atoms. The summed E-state index contributed by atoms with van der Waals surface area (Å²) in [5.41, 5.74) is -0.381. The monoisotopic (exact) mass is 240 g/mol. The van der Waals surface area contributed by atoms with Gasteiger partial charge >= 0.3 is 0 Å². The Morgan fingerprint density at radius 2 is 2.06 bits per heavy atom. The van der Waals surface area contributed by atoms with Crippen LogP contribution in [0, 0.1) is 5.82 Å². The number of carbonyl (C=O) groups is 1. The molecule has 92 valence electrons. The van der Waals surface area contributed by atoms with Gasteiger partial charge < -0.3 is 14.2 Å². The van der Waals surface area contributed by atoms with Crippen LogP contribution in [0.25, 0.3) is 0 Å². The van der Waals surface area contributed by atoms with Crippen LogP contribution in [-0.4, -0.2) is 41.7 Å². The minimum atomic E-state index is -0.528. The quantitative estimate of drug-likeness (QED) is 0.722. The summed E-state index contributed by atoms with van der Waals surface area (Å²) >= 11 is 0. The Morgan fingerprint density at radius 3 is 2.76 bits per heavy atom. The molecule has 0 atom stereocenters. The molecule has 0 aliphatic carbocycles. The predicted octanol–water partition coefficient (Wildman–Crippen LogP) is -0.154. The Morgan fingerprint density at radius 1 is 1.35 bits per heavy atom. The highest BCUT2D eigenvalue weighted by Crippen LogP contribution is 1.99. The van der Waals surface area contributed by atoms with Gasteiger partial charge in [-0.05, 0) is 6.07 Å². The molecular weight excluding hydrogens is 227 g/mol. The van der Waals surface area contributed by atoms with E-state index in [1.807, 2.05) is 0 Å². The van der Waals surface area contributed by atoms with E-state index < -0.39 is 5.82 Å². The molecule has 0 radical (unpaired) electrons. The number of rotatable bonds is 2. The van der Waals surface area contributed by atoms with E-state index >= 15 is 0 Å². The lowest BCUT2D eigenvalue weighted by atomic mass is 10.4. The van der Waals surface area contributed by atoms with Crippen LogP contribution in [0.3, 0.4) is 0 Å². The van der Waals surface area contributed by atoms with Gasteiger partial charge in [0.15, 0.2) is 0 Å². The van der Waals surface area contributed by atoms with Gasteiger partial charge in [-0.2, -0.15) is 0 Å². The van der Waals surface area contributed by atoms with Gasteiger partial charge in [0.25, 0.3) is 5.56 Å². The molecule has 1 aromatic heterocycles. The average molecular weight is 240 g/mol. The molecule has 0 aromatic carbocycles. The third-order valence-electron chi connectivity index (χ3n) is 2.62. The lowest BCUT2D eigenvalue weighted by molar-refractivity contribution is -0.135. The molecule has 17 heavy (non-hydrogen) atoms. The molecule has 0 unspecified atom stereocenters. The summed E-state index contributed by atoms with van der Waals surface area (Å²) in [5.74, 6) is -0.722. The molecule has 2 heterocycles. The zero-order chi connectivity index (χ0) is 12.3. The zero-order valence-corrected chi connectivity index (χ0v) is 9.26. The summed E-state index contributed by atoms with van der Waals surface area (Å²) in [6, 6.07) is 2.19. The maximum absolute atomic E-state index is 12.9. The zero-order valence-electron chi connectivity index (χ0n) is 9.26. The average Bonchev–Trinajstić information content (AvgIpc) is 2.35. The number of hydrogen-bond acceptors (Lipinski definition) is 3. The van der Waals surface area contributed by atoms with Crippen LogP contribution in [0.2, 0.25) is 0 Å². The van der Waals surface area contributed by atoms with Crippen molar-refractivity contribution in [2.24, 2.45) is 0 Å². The molecule has 1 aliphatic rings. The Labute approximate surface area is 97.4 Å². The van der Waals surface area contributed by atoms with Crippen LogP contribution in [0.1, 0.15) is 0 Å². The summed E-state index contributed by atoms with van der Waals surface area (Å²) in [6.07, 6.45) is 1.04. The van der Waals surface area contributed by atoms with Crippen molar-refractivity contribution in [3.8, 4) is 0 Å². The fraction of sp³-hybridized carbons (Fsp3) is 0.455. The fourth-order valence-electron chi connectivity index (χ4n) is 1.68. The maximum Gasteiger partial charge on any atom is 0.251 e. The third-order valence-corrected chi connectivity index (χ3v) is 2.62. The van der Waals surface area contributed by atoms with E-state index in [2.05, 4.69) is 0 Å². The molecule has 0 spiro atoms. The second-order valence-corrected chi connectivity index (χ2v) is 3.81. The largest absolute Gasteiger partial charge is 0.378 e. The Balaban J connectivity index is 2.07. The second-order valence-electron chi connectivity index (χ2n) is 3.81. The van der Waals surface area contributed by atoms with E-state index in [1.54, 1.807) is 4.90 Å². The lowest BCUT2D eigenvalue weighted by Crippen LogP contribution is -2.43. The number of hydrogen-bond donors (Lipinski definition) is 0. The smallest absolute Gasteiger partial charge is 0.251 e. The van der Waals surface area contributed by atoms with Gasteiger partial charge in [0.05, 0.1) is 13.2 Å². The Hall–Kier alpha value is -1.69. The topological polar surface area (TPSA) is 51.5 Å². The molecule has 2 rings (SSSR count). The van der Waals surface area contributed by atoms with Crippen molar-refractivity contribution in [1.82, 2.24) is 9.47 Å². The van der Waals surface area contributed by atoms with Crippen molar-refractivity contribution in [3.63, 3.8) is 0 Å². The van der Waals surface area contributed by atoms with Crippen molar-refractivity contribution < 1.29 is 13.9 Å². The van der Waals surface area contributed by atoms with Crippen LogP contribution >= 0.6 is 0 Å². The molecule has 1 aromatic rings. The third kappa shape index (κ3) is 2.91. The number of aromatic nitrogens is 1. The van der Waals surface area contributed by atoms with E-state index in [0.29, 0.717) is 26.3 Å². The Bertz CT molecular complexity index is 466. The Kier molecular flexibility index (Phi) is 3.53. The highest BCUT2D eigenvalue weighted by atomic mass is 19.1. The normalized spacial score (nSPS) is 15.9. The van der Waals surface area contributed by atoms with Gasteiger partial charge in [0, 0.05) is 25.4 Å². The summed E-state index contributed by atoms with van der Waals surface area (Å²) in [4.78, 5) is 24.8.